The van der Waals surface area contributed by atoms with E-state index in [1.807, 2.05) is 19.9 Å². The van der Waals surface area contributed by atoms with Crippen molar-refractivity contribution < 1.29 is 9.53 Å². The summed E-state index contributed by atoms with van der Waals surface area (Å²) in [6, 6.07) is 5.46. The Kier molecular flexibility index (Phi) is 5.99. The molecule has 1 amide bonds. The third-order valence-electron chi connectivity index (χ3n) is 2.63. The molecule has 100 valence electrons. The van der Waals surface area contributed by atoms with Crippen molar-refractivity contribution in [1.29, 1.82) is 0 Å². The molecule has 1 N–H and O–H groups in total. The average Bonchev–Trinajstić information content (AvgIpc) is 2.37. The van der Waals surface area contributed by atoms with E-state index in [2.05, 4.69) is 5.32 Å². The van der Waals surface area contributed by atoms with Crippen molar-refractivity contribution in [3.05, 3.63) is 28.8 Å². The first-order valence-corrected chi connectivity index (χ1v) is 6.69. The molecule has 0 aliphatic carbocycles. The first-order valence-electron chi connectivity index (χ1n) is 6.31. The lowest BCUT2D eigenvalue weighted by molar-refractivity contribution is -0.127. The maximum absolute atomic E-state index is 11.7. The van der Waals surface area contributed by atoms with Gasteiger partial charge in [-0.2, -0.15) is 0 Å². The molecular formula is C14H20ClNO2. The van der Waals surface area contributed by atoms with Crippen LogP contribution in [0.4, 0.5) is 0 Å². The Balaban J connectivity index is 2.64. The molecule has 0 bridgehead atoms. The number of carbonyl (C=O) groups excluding carboxylic acids is 1. The maximum atomic E-state index is 11.7. The molecule has 1 rings (SSSR count). The third-order valence-corrected chi connectivity index (χ3v) is 3.00. The second-order valence-corrected chi connectivity index (χ2v) is 4.57. The van der Waals surface area contributed by atoms with Crippen LogP contribution in [-0.4, -0.2) is 18.6 Å². The van der Waals surface area contributed by atoms with E-state index in [-0.39, 0.29) is 5.91 Å². The van der Waals surface area contributed by atoms with Crippen molar-refractivity contribution in [3.8, 4) is 5.75 Å². The van der Waals surface area contributed by atoms with Gasteiger partial charge in [-0.25, -0.2) is 0 Å². The lowest BCUT2D eigenvalue weighted by Crippen LogP contribution is -2.36. The van der Waals surface area contributed by atoms with Gasteiger partial charge >= 0.3 is 0 Å². The minimum atomic E-state index is -0.498. The first-order chi connectivity index (χ1) is 8.58. The van der Waals surface area contributed by atoms with Crippen molar-refractivity contribution in [1.82, 2.24) is 5.32 Å². The van der Waals surface area contributed by atoms with Gasteiger partial charge in [-0.15, -0.1) is 0 Å². The zero-order valence-electron chi connectivity index (χ0n) is 11.1. The zero-order valence-corrected chi connectivity index (χ0v) is 11.9. The largest absolute Gasteiger partial charge is 0.481 e. The molecule has 0 saturated heterocycles. The van der Waals surface area contributed by atoms with E-state index >= 15 is 0 Å². The Morgan fingerprint density at radius 2 is 2.17 bits per heavy atom. The van der Waals surface area contributed by atoms with Crippen LogP contribution in [0.3, 0.4) is 0 Å². The fraction of sp³-hybridized carbons (Fsp3) is 0.500. The van der Waals surface area contributed by atoms with Gasteiger partial charge in [-0.3, -0.25) is 4.79 Å². The monoisotopic (exact) mass is 269 g/mol. The molecule has 0 aromatic heterocycles. The van der Waals surface area contributed by atoms with Crippen molar-refractivity contribution in [2.24, 2.45) is 0 Å². The van der Waals surface area contributed by atoms with Crippen molar-refractivity contribution in [3.63, 3.8) is 0 Å². The van der Waals surface area contributed by atoms with Crippen LogP contribution >= 0.6 is 11.6 Å². The highest BCUT2D eigenvalue weighted by molar-refractivity contribution is 6.31. The number of amides is 1. The molecule has 0 radical (unpaired) electrons. The molecule has 1 unspecified atom stereocenters. The van der Waals surface area contributed by atoms with Crippen LogP contribution in [0.2, 0.25) is 5.02 Å². The Labute approximate surface area is 113 Å². The van der Waals surface area contributed by atoms with Gasteiger partial charge in [0.2, 0.25) is 0 Å². The minimum Gasteiger partial charge on any atom is -0.481 e. The second-order valence-electron chi connectivity index (χ2n) is 4.16. The van der Waals surface area contributed by atoms with Crippen LogP contribution in [0.25, 0.3) is 0 Å². The fourth-order valence-electron chi connectivity index (χ4n) is 1.54. The number of hydrogen-bond acceptors (Lipinski definition) is 2. The summed E-state index contributed by atoms with van der Waals surface area (Å²) >= 11 is 6.03. The number of ether oxygens (including phenoxy) is 1. The molecule has 1 aromatic rings. The number of rotatable bonds is 6. The van der Waals surface area contributed by atoms with E-state index in [9.17, 15) is 4.79 Å². The average molecular weight is 270 g/mol. The molecule has 0 aliphatic rings. The Morgan fingerprint density at radius 3 is 2.78 bits per heavy atom. The normalized spacial score (nSPS) is 12.0. The molecule has 0 fully saturated rings. The molecule has 18 heavy (non-hydrogen) atoms. The zero-order chi connectivity index (χ0) is 13.5. The highest BCUT2D eigenvalue weighted by Gasteiger charge is 2.14. The van der Waals surface area contributed by atoms with Gasteiger partial charge < -0.3 is 10.1 Å². The van der Waals surface area contributed by atoms with Crippen LogP contribution in [0.5, 0.6) is 5.75 Å². The lowest BCUT2D eigenvalue weighted by atomic mass is 10.1. The first kappa shape index (κ1) is 14.8. The summed E-state index contributed by atoms with van der Waals surface area (Å²) in [6.45, 7) is 6.46. The van der Waals surface area contributed by atoms with E-state index < -0.39 is 6.10 Å². The number of aryl methyl sites for hydroxylation is 1. The van der Waals surface area contributed by atoms with Gasteiger partial charge in [0.05, 0.1) is 0 Å². The van der Waals surface area contributed by atoms with Crippen LogP contribution in [-0.2, 0) is 11.2 Å². The van der Waals surface area contributed by atoms with Crippen LogP contribution in [0, 0.1) is 0 Å². The quantitative estimate of drug-likeness (QED) is 0.861. The van der Waals surface area contributed by atoms with Crippen molar-refractivity contribution in [2.45, 2.75) is 39.7 Å². The van der Waals surface area contributed by atoms with Gasteiger partial charge in [0.25, 0.3) is 5.91 Å². The summed E-state index contributed by atoms with van der Waals surface area (Å²) in [6.07, 6.45) is 1.26. The van der Waals surface area contributed by atoms with Gasteiger partial charge in [0.15, 0.2) is 6.10 Å². The van der Waals surface area contributed by atoms with E-state index in [4.69, 9.17) is 16.3 Å². The SMILES string of the molecule is CCCNC(=O)C(C)Oc1ccc(Cl)c(CC)c1. The van der Waals surface area contributed by atoms with E-state index in [0.717, 1.165) is 23.4 Å². The molecule has 4 heteroatoms. The highest BCUT2D eigenvalue weighted by atomic mass is 35.5. The molecular weight excluding hydrogens is 250 g/mol. The predicted octanol–water partition coefficient (Wildman–Crippen LogP) is 3.20. The van der Waals surface area contributed by atoms with Crippen LogP contribution in [0.15, 0.2) is 18.2 Å². The number of benzene rings is 1. The molecule has 0 spiro atoms. The molecule has 0 saturated carbocycles. The van der Waals surface area contributed by atoms with E-state index in [1.54, 1.807) is 19.1 Å². The molecule has 0 heterocycles. The summed E-state index contributed by atoms with van der Waals surface area (Å²) in [4.78, 5) is 11.7. The number of carbonyl (C=O) groups is 1. The molecule has 1 aromatic carbocycles. The van der Waals surface area contributed by atoms with E-state index in [0.29, 0.717) is 12.3 Å². The Morgan fingerprint density at radius 1 is 1.44 bits per heavy atom. The summed E-state index contributed by atoms with van der Waals surface area (Å²) in [5.41, 5.74) is 1.02. The van der Waals surface area contributed by atoms with E-state index in [1.165, 1.54) is 0 Å². The summed E-state index contributed by atoms with van der Waals surface area (Å²) in [7, 11) is 0. The summed E-state index contributed by atoms with van der Waals surface area (Å²) in [5, 5.41) is 3.53. The Hall–Kier alpha value is -1.22. The molecule has 3 nitrogen and oxygen atoms in total. The number of halogens is 1. The summed E-state index contributed by atoms with van der Waals surface area (Å²) < 4.78 is 5.60. The Bertz CT molecular complexity index is 407. The minimum absolute atomic E-state index is 0.0927. The molecule has 1 atom stereocenters. The molecule has 0 aliphatic heterocycles. The van der Waals surface area contributed by atoms with Crippen LogP contribution in [0.1, 0.15) is 32.8 Å². The van der Waals surface area contributed by atoms with Crippen molar-refractivity contribution >= 4 is 17.5 Å². The van der Waals surface area contributed by atoms with Crippen molar-refractivity contribution in [2.75, 3.05) is 6.54 Å². The van der Waals surface area contributed by atoms with Gasteiger partial charge in [-0.05, 0) is 43.5 Å². The van der Waals surface area contributed by atoms with Gasteiger partial charge in [0.1, 0.15) is 5.75 Å². The second kappa shape index (κ2) is 7.27. The standard InChI is InChI=1S/C14H20ClNO2/c1-4-8-16-14(17)10(3)18-12-6-7-13(15)11(5-2)9-12/h6-7,9-10H,4-5,8H2,1-3H3,(H,16,17). The number of nitrogens with one attached hydrogen (secondary N) is 1. The smallest absolute Gasteiger partial charge is 0.260 e. The predicted molar refractivity (Wildman–Crippen MR) is 74.2 cm³/mol. The van der Waals surface area contributed by atoms with Gasteiger partial charge in [-0.1, -0.05) is 25.4 Å². The summed E-state index contributed by atoms with van der Waals surface area (Å²) in [5.74, 6) is 0.584. The number of hydrogen-bond donors (Lipinski definition) is 1. The highest BCUT2D eigenvalue weighted by Crippen LogP contribution is 2.23. The topological polar surface area (TPSA) is 38.3 Å². The van der Waals surface area contributed by atoms with Crippen LogP contribution < -0.4 is 10.1 Å². The van der Waals surface area contributed by atoms with Gasteiger partial charge in [0, 0.05) is 11.6 Å². The third kappa shape index (κ3) is 4.22. The lowest BCUT2D eigenvalue weighted by Gasteiger charge is -2.15. The fourth-order valence-corrected chi connectivity index (χ4v) is 1.80. The maximum Gasteiger partial charge on any atom is 0.260 e.